The predicted octanol–water partition coefficient (Wildman–Crippen LogP) is 4.09. The Morgan fingerprint density at radius 3 is 2.55 bits per heavy atom. The van der Waals surface area contributed by atoms with Crippen molar-refractivity contribution in [1.82, 2.24) is 9.55 Å². The van der Waals surface area contributed by atoms with Gasteiger partial charge in [-0.15, -0.1) is 11.3 Å². The maximum atomic E-state index is 12.3. The number of carbonyl (C=O) groups excluding carboxylic acids is 1. The van der Waals surface area contributed by atoms with E-state index in [0.717, 1.165) is 12.0 Å². The van der Waals surface area contributed by atoms with Crippen LogP contribution in [0, 0.1) is 13.8 Å². The Kier molecular flexibility index (Phi) is 4.99. The zero-order valence-electron chi connectivity index (χ0n) is 10.5. The summed E-state index contributed by atoms with van der Waals surface area (Å²) in [5.74, 6) is -0.137. The number of ketones is 1. The summed E-state index contributed by atoms with van der Waals surface area (Å²) in [6, 6.07) is 1.74. The molecule has 0 aliphatic rings. The van der Waals surface area contributed by atoms with Crippen molar-refractivity contribution in [3.63, 3.8) is 0 Å². The van der Waals surface area contributed by atoms with Gasteiger partial charge in [0.05, 0.1) is 24.3 Å². The number of hydrogen-bond donors (Lipinski definition) is 0. The third kappa shape index (κ3) is 3.13. The fraction of sp³-hybridized carbons (Fsp3) is 0.250. The lowest BCUT2D eigenvalue weighted by atomic mass is 10.2. The quantitative estimate of drug-likeness (QED) is 0.616. The minimum absolute atomic E-state index is 0.0294. The third-order valence-corrected chi connectivity index (χ3v) is 6.28. The summed E-state index contributed by atoms with van der Waals surface area (Å²) in [6.07, 6.45) is 0. The minimum Gasteiger partial charge on any atom is -0.292 e. The SMILES string of the molecule is Cc1nc(=O)n(CC(=O)c2cc(Br)sc2Br)c(C)c1Br. The van der Waals surface area contributed by atoms with Gasteiger partial charge in [0.15, 0.2) is 5.78 Å². The molecule has 0 N–H and O–H groups in total. The van der Waals surface area contributed by atoms with E-state index in [4.69, 9.17) is 0 Å². The number of carbonyl (C=O) groups is 1. The number of thiophene rings is 1. The Bertz CT molecular complexity index is 752. The van der Waals surface area contributed by atoms with E-state index < -0.39 is 5.69 Å². The molecule has 0 radical (unpaired) electrons. The lowest BCUT2D eigenvalue weighted by Crippen LogP contribution is -2.29. The topological polar surface area (TPSA) is 52.0 Å². The molecular weight excluding hydrogens is 476 g/mol. The van der Waals surface area contributed by atoms with Crippen LogP contribution in [0.1, 0.15) is 21.7 Å². The maximum Gasteiger partial charge on any atom is 0.348 e. The largest absolute Gasteiger partial charge is 0.348 e. The van der Waals surface area contributed by atoms with Crippen molar-refractivity contribution in [3.05, 3.63) is 45.5 Å². The van der Waals surface area contributed by atoms with E-state index in [1.807, 2.05) is 0 Å². The molecule has 0 amide bonds. The van der Waals surface area contributed by atoms with Crippen molar-refractivity contribution in [3.8, 4) is 0 Å². The molecule has 0 aliphatic carbocycles. The summed E-state index contributed by atoms with van der Waals surface area (Å²) in [5, 5.41) is 0. The van der Waals surface area contributed by atoms with Crippen LogP contribution in [0.4, 0.5) is 0 Å². The van der Waals surface area contributed by atoms with Gasteiger partial charge in [-0.25, -0.2) is 4.79 Å². The number of aryl methyl sites for hydroxylation is 1. The Morgan fingerprint density at radius 1 is 1.35 bits per heavy atom. The second kappa shape index (κ2) is 6.21. The lowest BCUT2D eigenvalue weighted by Gasteiger charge is -2.11. The number of Topliss-reactive ketones (excluding diaryl/α,β-unsaturated/α-hetero) is 1. The highest BCUT2D eigenvalue weighted by Gasteiger charge is 2.17. The fourth-order valence-electron chi connectivity index (χ4n) is 1.72. The Balaban J connectivity index is 2.41. The van der Waals surface area contributed by atoms with Gasteiger partial charge in [0.2, 0.25) is 0 Å². The zero-order valence-corrected chi connectivity index (χ0v) is 16.1. The average Bonchev–Trinajstić information content (AvgIpc) is 2.71. The van der Waals surface area contributed by atoms with Crippen LogP contribution < -0.4 is 5.69 Å². The molecule has 0 aromatic carbocycles. The number of rotatable bonds is 3. The molecule has 0 aliphatic heterocycles. The Hall–Kier alpha value is -0.310. The molecule has 20 heavy (non-hydrogen) atoms. The predicted molar refractivity (Wildman–Crippen MR) is 89.7 cm³/mol. The molecule has 2 rings (SSSR count). The molecule has 0 fully saturated rings. The fourth-order valence-corrected chi connectivity index (χ4v) is 4.88. The summed E-state index contributed by atoms with van der Waals surface area (Å²) < 4.78 is 3.73. The second-order valence-electron chi connectivity index (χ2n) is 4.13. The third-order valence-electron chi connectivity index (χ3n) is 2.79. The van der Waals surface area contributed by atoms with Gasteiger partial charge < -0.3 is 0 Å². The summed E-state index contributed by atoms with van der Waals surface area (Å²) in [5.41, 5.74) is 1.46. The average molecular weight is 485 g/mol. The van der Waals surface area contributed by atoms with E-state index in [2.05, 4.69) is 52.8 Å². The Labute approximate surface area is 144 Å². The van der Waals surface area contributed by atoms with Gasteiger partial charge in [0.25, 0.3) is 0 Å². The first kappa shape index (κ1) is 16.1. The second-order valence-corrected chi connectivity index (χ2v) is 8.67. The van der Waals surface area contributed by atoms with E-state index in [1.165, 1.54) is 15.9 Å². The molecule has 0 spiro atoms. The van der Waals surface area contributed by atoms with Crippen LogP contribution in [-0.2, 0) is 6.54 Å². The van der Waals surface area contributed by atoms with E-state index >= 15 is 0 Å². The monoisotopic (exact) mass is 482 g/mol. The number of aromatic nitrogens is 2. The molecule has 106 valence electrons. The molecule has 0 bridgehead atoms. The molecule has 4 nitrogen and oxygen atoms in total. The van der Waals surface area contributed by atoms with Gasteiger partial charge in [-0.2, -0.15) is 4.98 Å². The van der Waals surface area contributed by atoms with Crippen LogP contribution in [0.5, 0.6) is 0 Å². The van der Waals surface area contributed by atoms with Crippen LogP contribution in [0.2, 0.25) is 0 Å². The van der Waals surface area contributed by atoms with Gasteiger partial charge in [0.1, 0.15) is 0 Å². The van der Waals surface area contributed by atoms with Crippen molar-refractivity contribution in [2.45, 2.75) is 20.4 Å². The van der Waals surface area contributed by atoms with Crippen LogP contribution in [0.3, 0.4) is 0 Å². The van der Waals surface area contributed by atoms with Gasteiger partial charge in [-0.1, -0.05) is 0 Å². The normalized spacial score (nSPS) is 10.8. The maximum absolute atomic E-state index is 12.3. The first-order valence-electron chi connectivity index (χ1n) is 5.53. The van der Waals surface area contributed by atoms with Crippen molar-refractivity contribution in [2.24, 2.45) is 0 Å². The molecule has 2 aromatic heterocycles. The van der Waals surface area contributed by atoms with Gasteiger partial charge >= 0.3 is 5.69 Å². The summed E-state index contributed by atoms with van der Waals surface area (Å²) in [6.45, 7) is 3.50. The minimum atomic E-state index is -0.415. The standard InChI is InChI=1S/C12H9Br3N2O2S/c1-5-10(14)6(2)17(12(19)16-5)4-8(18)7-3-9(13)20-11(7)15/h3H,4H2,1-2H3. The van der Waals surface area contributed by atoms with E-state index in [1.54, 1.807) is 19.9 Å². The summed E-state index contributed by atoms with van der Waals surface area (Å²) in [7, 11) is 0. The van der Waals surface area contributed by atoms with Crippen molar-refractivity contribution in [2.75, 3.05) is 0 Å². The van der Waals surface area contributed by atoms with Crippen LogP contribution in [0.15, 0.2) is 22.9 Å². The van der Waals surface area contributed by atoms with Crippen LogP contribution >= 0.6 is 59.1 Å². The molecule has 8 heteroatoms. The van der Waals surface area contributed by atoms with Crippen LogP contribution in [-0.4, -0.2) is 15.3 Å². The highest BCUT2D eigenvalue weighted by molar-refractivity contribution is 9.12. The van der Waals surface area contributed by atoms with E-state index in [9.17, 15) is 9.59 Å². The first-order valence-corrected chi connectivity index (χ1v) is 8.72. The number of halogens is 3. The van der Waals surface area contributed by atoms with Crippen molar-refractivity contribution < 1.29 is 4.79 Å². The number of hydrogen-bond acceptors (Lipinski definition) is 4. The van der Waals surface area contributed by atoms with E-state index in [-0.39, 0.29) is 12.3 Å². The molecule has 0 saturated heterocycles. The summed E-state index contributed by atoms with van der Waals surface area (Å²) >= 11 is 11.5. The summed E-state index contributed by atoms with van der Waals surface area (Å²) in [4.78, 5) is 28.1. The van der Waals surface area contributed by atoms with Gasteiger partial charge in [-0.3, -0.25) is 9.36 Å². The molecular formula is C12H9Br3N2O2S. The van der Waals surface area contributed by atoms with Gasteiger partial charge in [-0.05, 0) is 67.7 Å². The van der Waals surface area contributed by atoms with E-state index in [0.29, 0.717) is 17.0 Å². The smallest absolute Gasteiger partial charge is 0.292 e. The lowest BCUT2D eigenvalue weighted by molar-refractivity contribution is 0.0969. The van der Waals surface area contributed by atoms with Gasteiger partial charge in [0, 0.05) is 11.3 Å². The Morgan fingerprint density at radius 2 is 2.00 bits per heavy atom. The van der Waals surface area contributed by atoms with Crippen molar-refractivity contribution >= 4 is 64.9 Å². The first-order chi connectivity index (χ1) is 9.31. The zero-order chi connectivity index (χ0) is 15.0. The molecule has 0 unspecified atom stereocenters. The highest BCUT2D eigenvalue weighted by Crippen LogP contribution is 2.32. The van der Waals surface area contributed by atoms with Crippen molar-refractivity contribution in [1.29, 1.82) is 0 Å². The number of nitrogens with zero attached hydrogens (tertiary/aromatic N) is 2. The molecule has 2 aromatic rings. The molecule has 0 saturated carbocycles. The molecule has 0 atom stereocenters. The van der Waals surface area contributed by atoms with Crippen LogP contribution in [0.25, 0.3) is 0 Å². The highest BCUT2D eigenvalue weighted by atomic mass is 79.9. The molecule has 2 heterocycles.